The van der Waals surface area contributed by atoms with Crippen LogP contribution in [0, 0.1) is 5.92 Å². The van der Waals surface area contributed by atoms with Crippen molar-refractivity contribution in [3.8, 4) is 11.1 Å². The third kappa shape index (κ3) is 8.23. The van der Waals surface area contributed by atoms with Crippen LogP contribution in [0.4, 0.5) is 0 Å². The number of hydrogen-bond donors (Lipinski definition) is 3. The summed E-state index contributed by atoms with van der Waals surface area (Å²) in [6.07, 6.45) is -1.69. The van der Waals surface area contributed by atoms with Gasteiger partial charge in [0.2, 0.25) is 17.7 Å². The van der Waals surface area contributed by atoms with Gasteiger partial charge in [0.25, 0.3) is 11.8 Å². The van der Waals surface area contributed by atoms with E-state index in [0.29, 0.717) is 5.56 Å². The molecule has 2 aliphatic rings. The Hall–Kier alpha value is -5.03. The molecule has 5 rings (SSSR count). The normalized spacial score (nSPS) is 22.9. The van der Waals surface area contributed by atoms with Crippen molar-refractivity contribution in [3.63, 3.8) is 0 Å². The van der Waals surface area contributed by atoms with E-state index >= 15 is 0 Å². The van der Waals surface area contributed by atoms with Crippen molar-refractivity contribution >= 4 is 29.5 Å². The Balaban J connectivity index is 1.47. The van der Waals surface area contributed by atoms with Gasteiger partial charge in [0.05, 0.1) is 19.2 Å². The van der Waals surface area contributed by atoms with Gasteiger partial charge >= 0.3 is 0 Å². The fraction of sp³-hybridized carbons (Fsp3) is 0.361. The highest BCUT2D eigenvalue weighted by molar-refractivity contribution is 6.01. The first-order valence-electron chi connectivity index (χ1n) is 15.9. The van der Waals surface area contributed by atoms with Crippen molar-refractivity contribution in [1.82, 2.24) is 25.8 Å². The van der Waals surface area contributed by atoms with Gasteiger partial charge in [-0.2, -0.15) is 0 Å². The van der Waals surface area contributed by atoms with Crippen molar-refractivity contribution in [2.45, 2.75) is 44.6 Å². The standard InChI is InChI=1S/C36H41N5O6/c1-23(2)32-34(44)37-19-26-20-41(35(45)28-17-11-10-16-27(28)25-14-8-5-9-15-25)21-30(47-26)33(43)38-29(18-24-12-6-4-7-13-24)36(46)40(3)22-31(42)39-32/h4-17,23,26,29-30,32H,18-22H2,1-3H3,(H,37,44)(H,38,43)(H,39,42)/t26-,29+,30+,32-/m0/s1. The number of ether oxygens (including phenoxy) is 1. The molecule has 2 saturated heterocycles. The zero-order valence-corrected chi connectivity index (χ0v) is 26.8. The number of carbonyl (C=O) groups is 5. The Morgan fingerprint density at radius 3 is 2.21 bits per heavy atom. The molecule has 246 valence electrons. The van der Waals surface area contributed by atoms with Crippen molar-refractivity contribution in [3.05, 3.63) is 96.1 Å². The molecule has 3 aromatic rings. The number of benzene rings is 3. The van der Waals surface area contributed by atoms with Crippen molar-refractivity contribution in [1.29, 1.82) is 0 Å². The molecule has 0 aliphatic carbocycles. The molecule has 5 amide bonds. The van der Waals surface area contributed by atoms with Gasteiger partial charge in [0.15, 0.2) is 6.10 Å². The summed E-state index contributed by atoms with van der Waals surface area (Å²) >= 11 is 0. The van der Waals surface area contributed by atoms with Crippen molar-refractivity contribution < 1.29 is 28.7 Å². The minimum atomic E-state index is -1.12. The van der Waals surface area contributed by atoms with Crippen LogP contribution in [0.25, 0.3) is 11.1 Å². The Bertz CT molecular complexity index is 1600. The maximum absolute atomic E-state index is 14.1. The zero-order valence-electron chi connectivity index (χ0n) is 26.8. The Labute approximate surface area is 274 Å². The lowest BCUT2D eigenvalue weighted by Gasteiger charge is -2.38. The van der Waals surface area contributed by atoms with Crippen LogP contribution in [0.2, 0.25) is 0 Å². The van der Waals surface area contributed by atoms with E-state index in [9.17, 15) is 24.0 Å². The van der Waals surface area contributed by atoms with Gasteiger partial charge in [-0.1, -0.05) is 92.7 Å². The first kappa shape index (κ1) is 33.3. The first-order chi connectivity index (χ1) is 22.6. The van der Waals surface area contributed by atoms with Gasteiger partial charge in [0.1, 0.15) is 12.1 Å². The number of morpholine rings is 1. The van der Waals surface area contributed by atoms with E-state index in [1.165, 1.54) is 11.9 Å². The summed E-state index contributed by atoms with van der Waals surface area (Å²) in [5, 5.41) is 8.44. The Morgan fingerprint density at radius 1 is 0.851 bits per heavy atom. The molecule has 11 heteroatoms. The molecule has 2 bridgehead atoms. The zero-order chi connectivity index (χ0) is 33.5. The molecule has 0 saturated carbocycles. The highest BCUT2D eigenvalue weighted by Gasteiger charge is 2.38. The molecule has 0 aromatic heterocycles. The summed E-state index contributed by atoms with van der Waals surface area (Å²) in [7, 11) is 1.48. The van der Waals surface area contributed by atoms with Gasteiger partial charge in [0, 0.05) is 32.1 Å². The summed E-state index contributed by atoms with van der Waals surface area (Å²) in [5.74, 6) is -2.52. The highest BCUT2D eigenvalue weighted by atomic mass is 16.5. The molecular formula is C36H41N5O6. The second-order valence-electron chi connectivity index (χ2n) is 12.3. The Morgan fingerprint density at radius 2 is 1.51 bits per heavy atom. The number of nitrogens with one attached hydrogen (secondary N) is 3. The fourth-order valence-corrected chi connectivity index (χ4v) is 5.92. The number of carbonyl (C=O) groups excluding carboxylic acids is 5. The highest BCUT2D eigenvalue weighted by Crippen LogP contribution is 2.26. The summed E-state index contributed by atoms with van der Waals surface area (Å²) < 4.78 is 6.20. The van der Waals surface area contributed by atoms with Gasteiger partial charge < -0.3 is 30.5 Å². The number of rotatable bonds is 5. The van der Waals surface area contributed by atoms with E-state index in [4.69, 9.17) is 4.74 Å². The van der Waals surface area contributed by atoms with E-state index in [0.717, 1.165) is 16.7 Å². The van der Waals surface area contributed by atoms with Crippen LogP contribution in [-0.4, -0.2) is 96.9 Å². The topological polar surface area (TPSA) is 137 Å². The minimum Gasteiger partial charge on any atom is -0.360 e. The van der Waals surface area contributed by atoms with E-state index in [1.54, 1.807) is 17.0 Å². The molecule has 11 nitrogen and oxygen atoms in total. The summed E-state index contributed by atoms with van der Waals surface area (Å²) in [6, 6.07) is 24.2. The fourth-order valence-electron chi connectivity index (χ4n) is 5.92. The molecule has 47 heavy (non-hydrogen) atoms. The quantitative estimate of drug-likeness (QED) is 0.391. The first-order valence-corrected chi connectivity index (χ1v) is 15.9. The Kier molecular flexibility index (Phi) is 10.7. The molecule has 3 aromatic carbocycles. The predicted octanol–water partition coefficient (Wildman–Crippen LogP) is 2.02. The lowest BCUT2D eigenvalue weighted by atomic mass is 9.98. The second-order valence-corrected chi connectivity index (χ2v) is 12.3. The second kappa shape index (κ2) is 15.0. The van der Waals surface area contributed by atoms with Crippen molar-refractivity contribution in [2.75, 3.05) is 33.2 Å². The number of likely N-dealkylation sites (N-methyl/N-ethyl adjacent to an activating group) is 1. The van der Waals surface area contributed by atoms with E-state index in [2.05, 4.69) is 16.0 Å². The number of amides is 5. The molecule has 3 N–H and O–H groups in total. The predicted molar refractivity (Wildman–Crippen MR) is 176 cm³/mol. The molecule has 2 fully saturated rings. The van der Waals surface area contributed by atoms with E-state index in [-0.39, 0.29) is 44.4 Å². The van der Waals surface area contributed by atoms with Crippen LogP contribution >= 0.6 is 0 Å². The number of hydrogen-bond acceptors (Lipinski definition) is 6. The summed E-state index contributed by atoms with van der Waals surface area (Å²) in [6.45, 7) is 3.36. The monoisotopic (exact) mass is 639 g/mol. The van der Waals surface area contributed by atoms with Crippen LogP contribution in [-0.2, 0) is 30.3 Å². The summed E-state index contributed by atoms with van der Waals surface area (Å²) in [5.41, 5.74) is 2.91. The van der Waals surface area contributed by atoms with Gasteiger partial charge in [-0.05, 0) is 28.7 Å². The van der Waals surface area contributed by atoms with Crippen LogP contribution in [0.5, 0.6) is 0 Å². The molecule has 2 heterocycles. The lowest BCUT2D eigenvalue weighted by molar-refractivity contribution is -0.148. The van der Waals surface area contributed by atoms with Crippen LogP contribution in [0.3, 0.4) is 0 Å². The van der Waals surface area contributed by atoms with Crippen LogP contribution < -0.4 is 16.0 Å². The molecule has 4 atom stereocenters. The SMILES string of the molecule is CC(C)[C@@H]1NC(=O)CN(C)C(=O)[C@@H](Cc2ccccc2)NC(=O)[C@H]2CN(C(=O)c3ccccc3-c3ccccc3)C[C@H](CNC1=O)O2. The lowest BCUT2D eigenvalue weighted by Crippen LogP contribution is -2.59. The van der Waals surface area contributed by atoms with E-state index < -0.39 is 47.9 Å². The van der Waals surface area contributed by atoms with E-state index in [1.807, 2.05) is 86.6 Å². The third-order valence-corrected chi connectivity index (χ3v) is 8.41. The van der Waals surface area contributed by atoms with Gasteiger partial charge in [-0.25, -0.2) is 0 Å². The molecule has 0 radical (unpaired) electrons. The summed E-state index contributed by atoms with van der Waals surface area (Å²) in [4.78, 5) is 70.8. The smallest absolute Gasteiger partial charge is 0.254 e. The average molecular weight is 640 g/mol. The maximum Gasteiger partial charge on any atom is 0.254 e. The minimum absolute atomic E-state index is 0.00189. The number of nitrogens with zero attached hydrogens (tertiary/aromatic N) is 2. The molecule has 0 unspecified atom stereocenters. The van der Waals surface area contributed by atoms with Crippen LogP contribution in [0.1, 0.15) is 29.8 Å². The van der Waals surface area contributed by atoms with Crippen molar-refractivity contribution in [2.24, 2.45) is 5.92 Å². The molecule has 2 aliphatic heterocycles. The van der Waals surface area contributed by atoms with Gasteiger partial charge in [-0.15, -0.1) is 0 Å². The third-order valence-electron chi connectivity index (χ3n) is 8.41. The largest absolute Gasteiger partial charge is 0.360 e. The maximum atomic E-state index is 14.1. The van der Waals surface area contributed by atoms with Gasteiger partial charge in [-0.3, -0.25) is 24.0 Å². The molecule has 0 spiro atoms. The average Bonchev–Trinajstić information content (AvgIpc) is 3.08. The number of fused-ring (bicyclic) bond motifs is 2. The molecular weight excluding hydrogens is 598 g/mol. The van der Waals surface area contributed by atoms with Crippen LogP contribution in [0.15, 0.2) is 84.9 Å².